The smallest absolute Gasteiger partial charge is 0.244 e. The van der Waals surface area contributed by atoms with Gasteiger partial charge in [-0.05, 0) is 71.6 Å². The molecule has 166 valence electrons. The molecule has 0 bridgehead atoms. The molecule has 2 aromatic rings. The number of sulfonamides is 1. The maximum absolute atomic E-state index is 13.5. The second-order valence-corrected chi connectivity index (χ2v) is 11.4. The molecule has 1 atom stereocenters. The van der Waals surface area contributed by atoms with Gasteiger partial charge in [-0.25, -0.2) is 8.42 Å². The lowest BCUT2D eigenvalue weighted by atomic mass is 10.1. The average molecular weight is 527 g/mol. The van der Waals surface area contributed by atoms with Crippen LogP contribution in [0.15, 0.2) is 39.7 Å². The van der Waals surface area contributed by atoms with Crippen LogP contribution in [0.2, 0.25) is 5.02 Å². The Bertz CT molecular complexity index is 1150. The van der Waals surface area contributed by atoms with Gasteiger partial charge in [-0.1, -0.05) is 17.7 Å². The zero-order valence-electron chi connectivity index (χ0n) is 17.7. The number of hydrogen-bond acceptors (Lipinski definition) is 4. The Balaban J connectivity index is 1.59. The summed E-state index contributed by atoms with van der Waals surface area (Å²) in [6, 6.07) is 9.26. The Morgan fingerprint density at radius 1 is 1.10 bits per heavy atom. The maximum atomic E-state index is 13.5. The van der Waals surface area contributed by atoms with E-state index in [1.54, 1.807) is 11.0 Å². The molecule has 0 spiro atoms. The summed E-state index contributed by atoms with van der Waals surface area (Å²) in [7, 11) is -3.71. The predicted octanol–water partition coefficient (Wildman–Crippen LogP) is 4.22. The third-order valence-electron chi connectivity index (χ3n) is 6.06. The van der Waals surface area contributed by atoms with Crippen LogP contribution in [-0.4, -0.2) is 50.9 Å². The SMILES string of the molecule is CC(=O)N1c2cc(S(=O)(=O)N3CCN(c4cc(Cl)ccc4C)CC3)c(Br)cc2C[C@@H]1C. The van der Waals surface area contributed by atoms with Crippen molar-refractivity contribution in [1.82, 2.24) is 4.31 Å². The van der Waals surface area contributed by atoms with Crippen molar-refractivity contribution < 1.29 is 13.2 Å². The first-order valence-corrected chi connectivity index (χ1v) is 12.8. The van der Waals surface area contributed by atoms with Crippen LogP contribution >= 0.6 is 27.5 Å². The van der Waals surface area contributed by atoms with Crippen molar-refractivity contribution in [3.8, 4) is 0 Å². The van der Waals surface area contributed by atoms with Gasteiger partial charge in [-0.15, -0.1) is 0 Å². The summed E-state index contributed by atoms with van der Waals surface area (Å²) in [4.78, 5) is 16.2. The van der Waals surface area contributed by atoms with Gasteiger partial charge in [0.1, 0.15) is 0 Å². The summed E-state index contributed by atoms with van der Waals surface area (Å²) < 4.78 is 29.0. The molecular weight excluding hydrogens is 502 g/mol. The number of amides is 1. The minimum absolute atomic E-state index is 0.0156. The van der Waals surface area contributed by atoms with Crippen molar-refractivity contribution in [2.45, 2.75) is 38.1 Å². The first-order chi connectivity index (χ1) is 14.6. The lowest BCUT2D eigenvalue weighted by Gasteiger charge is -2.36. The van der Waals surface area contributed by atoms with Gasteiger partial charge in [0.2, 0.25) is 15.9 Å². The Labute approximate surface area is 196 Å². The van der Waals surface area contributed by atoms with E-state index in [0.717, 1.165) is 16.8 Å². The zero-order valence-corrected chi connectivity index (χ0v) is 20.9. The van der Waals surface area contributed by atoms with Crippen LogP contribution in [0.1, 0.15) is 25.0 Å². The van der Waals surface area contributed by atoms with Crippen molar-refractivity contribution in [2.75, 3.05) is 36.0 Å². The van der Waals surface area contributed by atoms with Gasteiger partial charge in [0, 0.05) is 60.0 Å². The van der Waals surface area contributed by atoms with Crippen molar-refractivity contribution in [3.05, 3.63) is 51.0 Å². The number of carbonyl (C=O) groups excluding carboxylic acids is 1. The molecule has 1 amide bonds. The number of rotatable bonds is 3. The molecule has 6 nitrogen and oxygen atoms in total. The second kappa shape index (κ2) is 8.39. The van der Waals surface area contributed by atoms with E-state index in [4.69, 9.17) is 11.6 Å². The second-order valence-electron chi connectivity index (χ2n) is 8.18. The van der Waals surface area contributed by atoms with E-state index in [9.17, 15) is 13.2 Å². The van der Waals surface area contributed by atoms with E-state index in [0.29, 0.717) is 47.8 Å². The molecule has 2 aliphatic rings. The Morgan fingerprint density at radius 3 is 2.42 bits per heavy atom. The van der Waals surface area contributed by atoms with E-state index >= 15 is 0 Å². The molecule has 0 aromatic heterocycles. The predicted molar refractivity (Wildman–Crippen MR) is 128 cm³/mol. The van der Waals surface area contributed by atoms with E-state index in [2.05, 4.69) is 20.8 Å². The molecule has 1 fully saturated rings. The topological polar surface area (TPSA) is 60.9 Å². The molecule has 0 N–H and O–H groups in total. The minimum atomic E-state index is -3.71. The van der Waals surface area contributed by atoms with Crippen molar-refractivity contribution in [3.63, 3.8) is 0 Å². The monoisotopic (exact) mass is 525 g/mol. The highest BCUT2D eigenvalue weighted by Gasteiger charge is 2.35. The number of hydrogen-bond donors (Lipinski definition) is 0. The third-order valence-corrected chi connectivity index (χ3v) is 9.15. The fourth-order valence-electron chi connectivity index (χ4n) is 4.53. The van der Waals surface area contributed by atoms with Gasteiger partial charge in [-0.2, -0.15) is 4.31 Å². The van der Waals surface area contributed by atoms with E-state index < -0.39 is 10.0 Å². The molecule has 0 unspecified atom stereocenters. The standard InChI is InChI=1S/C22H25BrClN3O3S/c1-14-4-5-18(24)12-20(14)25-6-8-26(9-7-25)31(29,30)22-13-21-17(11-19(22)23)10-15(2)27(21)16(3)28/h4-5,11-13,15H,6-10H2,1-3H3/t15-/m0/s1. The molecule has 9 heteroatoms. The lowest BCUT2D eigenvalue weighted by molar-refractivity contribution is -0.116. The van der Waals surface area contributed by atoms with Crippen molar-refractivity contribution >= 4 is 54.8 Å². The first-order valence-electron chi connectivity index (χ1n) is 10.2. The van der Waals surface area contributed by atoms with Crippen LogP contribution in [0.25, 0.3) is 0 Å². The van der Waals surface area contributed by atoms with Gasteiger partial charge in [0.15, 0.2) is 0 Å². The minimum Gasteiger partial charge on any atom is -0.369 e. The summed E-state index contributed by atoms with van der Waals surface area (Å²) in [6.45, 7) is 7.44. The molecule has 0 saturated carbocycles. The Hall–Kier alpha value is -1.61. The number of piperazine rings is 1. The van der Waals surface area contributed by atoms with Gasteiger partial charge < -0.3 is 9.80 Å². The van der Waals surface area contributed by atoms with Gasteiger partial charge >= 0.3 is 0 Å². The number of halogens is 2. The number of nitrogens with zero attached hydrogens (tertiary/aromatic N) is 3. The number of anilines is 2. The number of fused-ring (bicyclic) bond motifs is 1. The van der Waals surface area contributed by atoms with E-state index in [1.807, 2.05) is 38.1 Å². The zero-order chi connectivity index (χ0) is 22.5. The fourth-order valence-corrected chi connectivity index (χ4v) is 7.19. The molecule has 1 saturated heterocycles. The number of aryl methyl sites for hydroxylation is 1. The Morgan fingerprint density at radius 2 is 1.77 bits per heavy atom. The highest BCUT2D eigenvalue weighted by Crippen LogP contribution is 2.39. The number of carbonyl (C=O) groups is 1. The van der Waals surface area contributed by atoms with E-state index in [1.165, 1.54) is 11.2 Å². The summed E-state index contributed by atoms with van der Waals surface area (Å²) in [5.74, 6) is -0.0811. The molecule has 31 heavy (non-hydrogen) atoms. The van der Waals surface area contributed by atoms with Crippen molar-refractivity contribution in [2.24, 2.45) is 0 Å². The summed E-state index contributed by atoms with van der Waals surface area (Å²) in [5, 5.41) is 0.668. The Kier molecular flexibility index (Phi) is 6.11. The van der Waals surface area contributed by atoms with Crippen molar-refractivity contribution in [1.29, 1.82) is 0 Å². The largest absolute Gasteiger partial charge is 0.369 e. The molecule has 0 radical (unpaired) electrons. The van der Waals surface area contributed by atoms with Crippen LogP contribution < -0.4 is 9.80 Å². The van der Waals surface area contributed by atoms with Crippen LogP contribution in [0.4, 0.5) is 11.4 Å². The highest BCUT2D eigenvalue weighted by molar-refractivity contribution is 9.10. The quantitative estimate of drug-likeness (QED) is 0.601. The number of benzene rings is 2. The summed E-state index contributed by atoms with van der Waals surface area (Å²) >= 11 is 9.62. The molecule has 0 aliphatic carbocycles. The molecule has 2 aromatic carbocycles. The first kappa shape index (κ1) is 22.6. The van der Waals surface area contributed by atoms with Crippen LogP contribution in [0.5, 0.6) is 0 Å². The van der Waals surface area contributed by atoms with Crippen LogP contribution in [0, 0.1) is 6.92 Å². The fraction of sp³-hybridized carbons (Fsp3) is 0.409. The molecule has 4 rings (SSSR count). The normalized spacial score (nSPS) is 19.6. The van der Waals surface area contributed by atoms with Gasteiger partial charge in [0.25, 0.3) is 0 Å². The molecule has 2 heterocycles. The van der Waals surface area contributed by atoms with Crippen LogP contribution in [0.3, 0.4) is 0 Å². The van der Waals surface area contributed by atoms with Gasteiger partial charge in [0.05, 0.1) is 4.90 Å². The highest BCUT2D eigenvalue weighted by atomic mass is 79.9. The summed E-state index contributed by atoms with van der Waals surface area (Å²) in [5.41, 5.74) is 3.82. The third kappa shape index (κ3) is 4.11. The maximum Gasteiger partial charge on any atom is 0.244 e. The molecular formula is C22H25BrClN3O3S. The van der Waals surface area contributed by atoms with E-state index in [-0.39, 0.29) is 16.8 Å². The summed E-state index contributed by atoms with van der Waals surface area (Å²) in [6.07, 6.45) is 0.714. The average Bonchev–Trinajstić information content (AvgIpc) is 3.04. The van der Waals surface area contributed by atoms with Crippen LogP contribution in [-0.2, 0) is 21.2 Å². The lowest BCUT2D eigenvalue weighted by Crippen LogP contribution is -2.49. The van der Waals surface area contributed by atoms with Gasteiger partial charge in [-0.3, -0.25) is 4.79 Å². The molecule has 2 aliphatic heterocycles.